The summed E-state index contributed by atoms with van der Waals surface area (Å²) >= 11 is 6.28. The van der Waals surface area contributed by atoms with E-state index >= 15 is 0 Å². The van der Waals surface area contributed by atoms with Gasteiger partial charge in [-0.15, -0.1) is 0 Å². The van der Waals surface area contributed by atoms with Gasteiger partial charge in [0, 0.05) is 11.8 Å². The van der Waals surface area contributed by atoms with Crippen molar-refractivity contribution in [2.45, 2.75) is 33.7 Å². The van der Waals surface area contributed by atoms with Crippen molar-refractivity contribution >= 4 is 17.5 Å². The number of rotatable bonds is 8. The normalized spacial score (nSPS) is 10.4. The summed E-state index contributed by atoms with van der Waals surface area (Å²) < 4.78 is 11.2. The predicted molar refractivity (Wildman–Crippen MR) is 96.3 cm³/mol. The molecule has 0 aliphatic carbocycles. The maximum absolute atomic E-state index is 12.4. The first kappa shape index (κ1) is 19.0. The van der Waals surface area contributed by atoms with E-state index in [0.717, 1.165) is 12.1 Å². The van der Waals surface area contributed by atoms with E-state index < -0.39 is 0 Å². The van der Waals surface area contributed by atoms with Crippen molar-refractivity contribution in [1.29, 1.82) is 0 Å². The van der Waals surface area contributed by atoms with Crippen LogP contribution in [-0.4, -0.2) is 29.1 Å². The molecule has 2 rings (SSSR count). The molecule has 0 unspecified atom stereocenters. The number of halogens is 1. The third-order valence-corrected chi connectivity index (χ3v) is 3.57. The van der Waals surface area contributed by atoms with Gasteiger partial charge in [-0.05, 0) is 38.5 Å². The van der Waals surface area contributed by atoms with Gasteiger partial charge in [0.05, 0.1) is 30.5 Å². The Morgan fingerprint density at radius 3 is 2.76 bits per heavy atom. The van der Waals surface area contributed by atoms with E-state index in [2.05, 4.69) is 15.3 Å². The molecule has 1 N–H and O–H groups in total. The van der Waals surface area contributed by atoms with E-state index in [1.54, 1.807) is 31.3 Å². The molecule has 0 bridgehead atoms. The lowest BCUT2D eigenvalue weighted by atomic mass is 10.2. The SMILES string of the molecule is CCCOc1c(Cl)cc(C(=O)NCc2ccnc(C)n2)cc1OCC. The summed E-state index contributed by atoms with van der Waals surface area (Å²) in [5.41, 5.74) is 1.14. The molecular weight excluding hydrogens is 342 g/mol. The van der Waals surface area contributed by atoms with E-state index in [-0.39, 0.29) is 5.91 Å². The number of aryl methyl sites for hydroxylation is 1. The maximum atomic E-state index is 12.4. The number of hydrogen-bond donors (Lipinski definition) is 1. The van der Waals surface area contributed by atoms with Crippen LogP contribution in [0.4, 0.5) is 0 Å². The smallest absolute Gasteiger partial charge is 0.251 e. The van der Waals surface area contributed by atoms with Gasteiger partial charge >= 0.3 is 0 Å². The van der Waals surface area contributed by atoms with Gasteiger partial charge in [-0.2, -0.15) is 0 Å². The summed E-state index contributed by atoms with van der Waals surface area (Å²) in [6.45, 7) is 6.95. The Balaban J connectivity index is 2.15. The fourth-order valence-electron chi connectivity index (χ4n) is 2.18. The van der Waals surface area contributed by atoms with Gasteiger partial charge in [-0.25, -0.2) is 9.97 Å². The van der Waals surface area contributed by atoms with Crippen LogP contribution in [0.2, 0.25) is 5.02 Å². The Bertz CT molecular complexity index is 738. The standard InChI is InChI=1S/C18H22ClN3O3/c1-4-8-25-17-15(19)9-13(10-16(17)24-5-2)18(23)21-11-14-6-7-20-12(3)22-14/h6-7,9-10H,4-5,8,11H2,1-3H3,(H,21,23). The molecule has 0 fully saturated rings. The molecular formula is C18H22ClN3O3. The molecule has 6 nitrogen and oxygen atoms in total. The largest absolute Gasteiger partial charge is 0.490 e. The number of carbonyl (C=O) groups is 1. The third kappa shape index (κ3) is 5.32. The zero-order chi connectivity index (χ0) is 18.2. The number of amides is 1. The van der Waals surface area contributed by atoms with Gasteiger partial charge in [0.25, 0.3) is 5.91 Å². The lowest BCUT2D eigenvalue weighted by Gasteiger charge is -2.15. The molecule has 1 aromatic carbocycles. The minimum atomic E-state index is -0.263. The Morgan fingerprint density at radius 1 is 1.28 bits per heavy atom. The highest BCUT2D eigenvalue weighted by Crippen LogP contribution is 2.36. The molecule has 134 valence electrons. The Morgan fingerprint density at radius 2 is 2.08 bits per heavy atom. The summed E-state index contributed by atoms with van der Waals surface area (Å²) in [5, 5.41) is 3.17. The van der Waals surface area contributed by atoms with Crippen molar-refractivity contribution in [1.82, 2.24) is 15.3 Å². The number of benzene rings is 1. The van der Waals surface area contributed by atoms with Crippen molar-refractivity contribution < 1.29 is 14.3 Å². The van der Waals surface area contributed by atoms with Crippen LogP contribution in [-0.2, 0) is 6.54 Å². The maximum Gasteiger partial charge on any atom is 0.251 e. The second-order valence-corrected chi connectivity index (χ2v) is 5.75. The summed E-state index contributed by atoms with van der Waals surface area (Å²) in [4.78, 5) is 20.7. The molecule has 0 radical (unpaired) electrons. The highest BCUT2D eigenvalue weighted by Gasteiger charge is 2.16. The van der Waals surface area contributed by atoms with Crippen molar-refractivity contribution in [2.24, 2.45) is 0 Å². The van der Waals surface area contributed by atoms with Crippen molar-refractivity contribution in [2.75, 3.05) is 13.2 Å². The molecule has 1 aromatic heterocycles. The minimum absolute atomic E-state index is 0.263. The van der Waals surface area contributed by atoms with E-state index in [4.69, 9.17) is 21.1 Å². The molecule has 0 atom stereocenters. The van der Waals surface area contributed by atoms with Crippen LogP contribution < -0.4 is 14.8 Å². The topological polar surface area (TPSA) is 73.3 Å². The zero-order valence-electron chi connectivity index (χ0n) is 14.6. The average molecular weight is 364 g/mol. The highest BCUT2D eigenvalue weighted by molar-refractivity contribution is 6.32. The van der Waals surface area contributed by atoms with Crippen LogP contribution in [0.15, 0.2) is 24.4 Å². The lowest BCUT2D eigenvalue weighted by molar-refractivity contribution is 0.0950. The Kier molecular flexibility index (Phi) is 7.01. The van der Waals surface area contributed by atoms with E-state index in [9.17, 15) is 4.79 Å². The van der Waals surface area contributed by atoms with Gasteiger partial charge in [-0.1, -0.05) is 18.5 Å². The van der Waals surface area contributed by atoms with Crippen LogP contribution in [0, 0.1) is 6.92 Å². The Hall–Kier alpha value is -2.34. The first-order valence-corrected chi connectivity index (χ1v) is 8.58. The monoisotopic (exact) mass is 363 g/mol. The van der Waals surface area contributed by atoms with Crippen LogP contribution in [0.25, 0.3) is 0 Å². The summed E-state index contributed by atoms with van der Waals surface area (Å²) in [6.07, 6.45) is 2.51. The van der Waals surface area contributed by atoms with Gasteiger partial charge in [-0.3, -0.25) is 4.79 Å². The molecule has 25 heavy (non-hydrogen) atoms. The fourth-order valence-corrected chi connectivity index (χ4v) is 2.45. The van der Waals surface area contributed by atoms with Crippen LogP contribution >= 0.6 is 11.6 Å². The van der Waals surface area contributed by atoms with Crippen LogP contribution in [0.1, 0.15) is 42.1 Å². The van der Waals surface area contributed by atoms with Gasteiger partial charge in [0.2, 0.25) is 0 Å². The van der Waals surface area contributed by atoms with Gasteiger partial charge < -0.3 is 14.8 Å². The molecule has 2 aromatic rings. The number of nitrogens with zero attached hydrogens (tertiary/aromatic N) is 2. The molecule has 1 heterocycles. The predicted octanol–water partition coefficient (Wildman–Crippen LogP) is 3.56. The lowest BCUT2D eigenvalue weighted by Crippen LogP contribution is -2.23. The molecule has 0 spiro atoms. The van der Waals surface area contributed by atoms with Crippen molar-refractivity contribution in [3.05, 3.63) is 46.5 Å². The average Bonchev–Trinajstić information content (AvgIpc) is 2.59. The molecule has 0 saturated heterocycles. The number of aromatic nitrogens is 2. The van der Waals surface area contributed by atoms with Gasteiger partial charge in [0.15, 0.2) is 11.5 Å². The third-order valence-electron chi connectivity index (χ3n) is 3.29. The molecule has 1 amide bonds. The van der Waals surface area contributed by atoms with Crippen LogP contribution in [0.3, 0.4) is 0 Å². The quantitative estimate of drug-likeness (QED) is 0.776. The molecule has 0 saturated carbocycles. The first-order chi connectivity index (χ1) is 12.0. The van der Waals surface area contributed by atoms with E-state index in [1.165, 1.54) is 0 Å². The number of hydrogen-bond acceptors (Lipinski definition) is 5. The fraction of sp³-hybridized carbons (Fsp3) is 0.389. The minimum Gasteiger partial charge on any atom is -0.490 e. The van der Waals surface area contributed by atoms with E-state index in [1.807, 2.05) is 13.8 Å². The summed E-state index contributed by atoms with van der Waals surface area (Å²) in [5.74, 6) is 1.33. The second kappa shape index (κ2) is 9.22. The Labute approximate surface area is 152 Å². The summed E-state index contributed by atoms with van der Waals surface area (Å²) in [7, 11) is 0. The van der Waals surface area contributed by atoms with Crippen molar-refractivity contribution in [3.8, 4) is 11.5 Å². The second-order valence-electron chi connectivity index (χ2n) is 5.34. The van der Waals surface area contributed by atoms with Crippen LogP contribution in [0.5, 0.6) is 11.5 Å². The van der Waals surface area contributed by atoms with E-state index in [0.29, 0.717) is 47.7 Å². The van der Waals surface area contributed by atoms with Crippen molar-refractivity contribution in [3.63, 3.8) is 0 Å². The highest BCUT2D eigenvalue weighted by atomic mass is 35.5. The zero-order valence-corrected chi connectivity index (χ0v) is 15.4. The summed E-state index contributed by atoms with van der Waals surface area (Å²) in [6, 6.07) is 4.98. The van der Waals surface area contributed by atoms with Gasteiger partial charge in [0.1, 0.15) is 5.82 Å². The molecule has 7 heteroatoms. The number of nitrogens with one attached hydrogen (secondary N) is 1. The number of carbonyl (C=O) groups excluding carboxylic acids is 1. The molecule has 0 aliphatic heterocycles. The molecule has 0 aliphatic rings. The first-order valence-electron chi connectivity index (χ1n) is 8.21. The number of ether oxygens (including phenoxy) is 2.